The Morgan fingerprint density at radius 3 is 2.53 bits per heavy atom. The van der Waals surface area contributed by atoms with Crippen LogP contribution in [0, 0.1) is 0 Å². The molecule has 4 heteroatoms. The lowest BCUT2D eigenvalue weighted by Gasteiger charge is -2.23. The third-order valence-corrected chi connectivity index (χ3v) is 2.42. The highest BCUT2D eigenvalue weighted by Crippen LogP contribution is 2.15. The average molecular weight is 209 g/mol. The Balaban J connectivity index is 2.51. The summed E-state index contributed by atoms with van der Waals surface area (Å²) >= 11 is 0. The molecule has 1 rings (SSSR count). The van der Waals surface area contributed by atoms with Gasteiger partial charge in [0, 0.05) is 7.05 Å². The molecule has 84 valence electrons. The van der Waals surface area contributed by atoms with Gasteiger partial charge in [0.2, 0.25) is 0 Å². The molecule has 0 aliphatic heterocycles. The third kappa shape index (κ3) is 3.83. The van der Waals surface area contributed by atoms with E-state index in [1.54, 1.807) is 12.4 Å². The average Bonchev–Trinajstić information content (AvgIpc) is 2.27. The number of aromatic nitrogens is 2. The van der Waals surface area contributed by atoms with Crippen molar-refractivity contribution in [3.05, 3.63) is 18.1 Å². The van der Waals surface area contributed by atoms with E-state index in [1.807, 2.05) is 7.05 Å². The van der Waals surface area contributed by atoms with Crippen LogP contribution in [0.5, 0.6) is 0 Å². The van der Waals surface area contributed by atoms with E-state index in [4.69, 9.17) is 4.74 Å². The Morgan fingerprint density at radius 1 is 1.33 bits per heavy atom. The maximum absolute atomic E-state index is 5.72. The molecule has 0 bridgehead atoms. The summed E-state index contributed by atoms with van der Waals surface area (Å²) in [6.45, 7) is 6.76. The van der Waals surface area contributed by atoms with Crippen molar-refractivity contribution < 1.29 is 4.74 Å². The molecule has 0 unspecified atom stereocenters. The summed E-state index contributed by atoms with van der Waals surface area (Å²) in [7, 11) is 1.82. The highest BCUT2D eigenvalue weighted by Gasteiger charge is 2.15. The van der Waals surface area contributed by atoms with Gasteiger partial charge >= 0.3 is 0 Å². The highest BCUT2D eigenvalue weighted by atomic mass is 16.5. The fraction of sp³-hybridized carbons (Fsp3) is 0.636. The molecule has 0 fully saturated rings. The number of rotatable bonds is 5. The van der Waals surface area contributed by atoms with Crippen LogP contribution in [0.3, 0.4) is 0 Å². The van der Waals surface area contributed by atoms with Crippen LogP contribution < -0.4 is 5.32 Å². The summed E-state index contributed by atoms with van der Waals surface area (Å²) in [5.74, 6) is 0.772. The lowest BCUT2D eigenvalue weighted by atomic mass is 10.1. The molecule has 0 saturated heterocycles. The number of anilines is 1. The number of nitrogens with zero attached hydrogens (tertiary/aromatic N) is 2. The van der Waals surface area contributed by atoms with Gasteiger partial charge in [0.25, 0.3) is 0 Å². The molecule has 4 nitrogen and oxygen atoms in total. The first kappa shape index (κ1) is 11.9. The zero-order valence-electron chi connectivity index (χ0n) is 9.87. The van der Waals surface area contributed by atoms with E-state index < -0.39 is 0 Å². The van der Waals surface area contributed by atoms with Crippen LogP contribution in [0.2, 0.25) is 0 Å². The Bertz CT molecular complexity index is 295. The third-order valence-electron chi connectivity index (χ3n) is 2.42. The van der Waals surface area contributed by atoms with Crippen LogP contribution in [-0.4, -0.2) is 22.6 Å². The molecule has 1 N–H and O–H groups in total. The minimum absolute atomic E-state index is 0.0939. The van der Waals surface area contributed by atoms with Crippen LogP contribution in [0.1, 0.15) is 32.9 Å². The Morgan fingerprint density at radius 2 is 2.07 bits per heavy atom. The Hall–Kier alpha value is -1.16. The topological polar surface area (TPSA) is 47.0 Å². The van der Waals surface area contributed by atoms with Gasteiger partial charge in [0.15, 0.2) is 0 Å². The lowest BCUT2D eigenvalue weighted by molar-refractivity contribution is -0.0331. The first-order valence-corrected chi connectivity index (χ1v) is 5.20. The van der Waals surface area contributed by atoms with E-state index in [0.29, 0.717) is 6.61 Å². The first-order valence-electron chi connectivity index (χ1n) is 5.20. The molecular formula is C11H19N3O. The standard InChI is InChI=1S/C11H19N3O/c1-5-11(2,3)15-8-9-6-14-10(12-4)7-13-9/h6-7H,5,8H2,1-4H3,(H,12,14). The second-order valence-electron chi connectivity index (χ2n) is 4.04. The molecule has 15 heavy (non-hydrogen) atoms. The second kappa shape index (κ2) is 5.07. The van der Waals surface area contributed by atoms with E-state index in [1.165, 1.54) is 0 Å². The summed E-state index contributed by atoms with van der Waals surface area (Å²) < 4.78 is 5.72. The van der Waals surface area contributed by atoms with Crippen LogP contribution in [0.25, 0.3) is 0 Å². The number of ether oxygens (including phenoxy) is 1. The van der Waals surface area contributed by atoms with Crippen molar-refractivity contribution in [3.8, 4) is 0 Å². The predicted molar refractivity (Wildman–Crippen MR) is 60.7 cm³/mol. The summed E-state index contributed by atoms with van der Waals surface area (Å²) in [6.07, 6.45) is 4.42. The maximum Gasteiger partial charge on any atom is 0.144 e. The molecule has 0 amide bonds. The van der Waals surface area contributed by atoms with E-state index in [-0.39, 0.29) is 5.60 Å². The van der Waals surface area contributed by atoms with Crippen molar-refractivity contribution >= 4 is 5.82 Å². The molecule has 0 atom stereocenters. The van der Waals surface area contributed by atoms with Gasteiger partial charge in [0.05, 0.1) is 30.3 Å². The zero-order valence-corrected chi connectivity index (χ0v) is 9.87. The highest BCUT2D eigenvalue weighted by molar-refractivity contribution is 5.29. The summed E-state index contributed by atoms with van der Waals surface area (Å²) in [6, 6.07) is 0. The van der Waals surface area contributed by atoms with Gasteiger partial charge in [-0.25, -0.2) is 4.98 Å². The van der Waals surface area contributed by atoms with E-state index in [0.717, 1.165) is 17.9 Å². The monoisotopic (exact) mass is 209 g/mol. The Kier molecular flexibility index (Phi) is 4.03. The fourth-order valence-electron chi connectivity index (χ4n) is 0.930. The molecule has 0 spiro atoms. The normalized spacial score (nSPS) is 11.5. The molecule has 0 saturated carbocycles. The van der Waals surface area contributed by atoms with Crippen molar-refractivity contribution in [3.63, 3.8) is 0 Å². The predicted octanol–water partition coefficient (Wildman–Crippen LogP) is 2.22. The fourth-order valence-corrected chi connectivity index (χ4v) is 0.930. The van der Waals surface area contributed by atoms with Crippen LogP contribution in [-0.2, 0) is 11.3 Å². The van der Waals surface area contributed by atoms with Crippen molar-refractivity contribution in [2.24, 2.45) is 0 Å². The number of hydrogen-bond donors (Lipinski definition) is 1. The van der Waals surface area contributed by atoms with Gasteiger partial charge in [-0.05, 0) is 20.3 Å². The Labute approximate surface area is 91.1 Å². The van der Waals surface area contributed by atoms with Crippen LogP contribution in [0.15, 0.2) is 12.4 Å². The minimum atomic E-state index is -0.0939. The zero-order chi connectivity index (χ0) is 11.3. The minimum Gasteiger partial charge on any atom is -0.372 e. The van der Waals surface area contributed by atoms with Gasteiger partial charge in [-0.1, -0.05) is 6.92 Å². The summed E-state index contributed by atoms with van der Waals surface area (Å²) in [4.78, 5) is 8.41. The van der Waals surface area contributed by atoms with Gasteiger partial charge in [-0.2, -0.15) is 0 Å². The molecule has 0 radical (unpaired) electrons. The maximum atomic E-state index is 5.72. The lowest BCUT2D eigenvalue weighted by Crippen LogP contribution is -2.23. The SMILES string of the molecule is CCC(C)(C)OCc1cnc(NC)cn1. The first-order chi connectivity index (χ1) is 7.07. The van der Waals surface area contributed by atoms with Crippen molar-refractivity contribution in [1.82, 2.24) is 9.97 Å². The number of nitrogens with one attached hydrogen (secondary N) is 1. The molecule has 1 aromatic heterocycles. The van der Waals surface area contributed by atoms with Crippen LogP contribution in [0.4, 0.5) is 5.82 Å². The second-order valence-corrected chi connectivity index (χ2v) is 4.04. The largest absolute Gasteiger partial charge is 0.372 e. The quantitative estimate of drug-likeness (QED) is 0.807. The molecule has 0 aromatic carbocycles. The van der Waals surface area contributed by atoms with Crippen molar-refractivity contribution in [2.75, 3.05) is 12.4 Å². The van der Waals surface area contributed by atoms with E-state index in [2.05, 4.69) is 36.1 Å². The van der Waals surface area contributed by atoms with Gasteiger partial charge < -0.3 is 10.1 Å². The smallest absolute Gasteiger partial charge is 0.144 e. The number of hydrogen-bond acceptors (Lipinski definition) is 4. The molecule has 0 aliphatic rings. The van der Waals surface area contributed by atoms with Gasteiger partial charge in [-0.15, -0.1) is 0 Å². The van der Waals surface area contributed by atoms with Gasteiger partial charge in [0.1, 0.15) is 5.82 Å². The van der Waals surface area contributed by atoms with Crippen molar-refractivity contribution in [1.29, 1.82) is 0 Å². The summed E-state index contributed by atoms with van der Waals surface area (Å²) in [5.41, 5.74) is 0.763. The van der Waals surface area contributed by atoms with Crippen molar-refractivity contribution in [2.45, 2.75) is 39.4 Å². The van der Waals surface area contributed by atoms with Crippen LogP contribution >= 0.6 is 0 Å². The van der Waals surface area contributed by atoms with E-state index >= 15 is 0 Å². The molecule has 1 heterocycles. The molecular weight excluding hydrogens is 190 g/mol. The van der Waals surface area contributed by atoms with Gasteiger partial charge in [-0.3, -0.25) is 4.98 Å². The summed E-state index contributed by atoms with van der Waals surface area (Å²) in [5, 5.41) is 2.92. The van der Waals surface area contributed by atoms with E-state index in [9.17, 15) is 0 Å². The molecule has 1 aromatic rings. The molecule has 0 aliphatic carbocycles.